The van der Waals surface area contributed by atoms with Gasteiger partial charge in [-0.2, -0.15) is 0 Å². The zero-order chi connectivity index (χ0) is 23.7. The van der Waals surface area contributed by atoms with Crippen LogP contribution in [-0.2, 0) is 23.8 Å². The van der Waals surface area contributed by atoms with E-state index < -0.39 is 41.2 Å². The number of rotatable bonds is 8. The molecule has 1 rings (SSSR count). The molecule has 0 aliphatic carbocycles. The van der Waals surface area contributed by atoms with E-state index in [1.54, 1.807) is 41.5 Å². The van der Waals surface area contributed by atoms with Gasteiger partial charge in [0.1, 0.15) is 17.2 Å². The average Bonchev–Trinajstić information content (AvgIpc) is 2.63. The van der Waals surface area contributed by atoms with Crippen molar-refractivity contribution >= 4 is 24.1 Å². The van der Waals surface area contributed by atoms with Crippen LogP contribution in [0, 0.1) is 5.92 Å². The zero-order valence-electron chi connectivity index (χ0n) is 19.6. The van der Waals surface area contributed by atoms with Gasteiger partial charge in [0.15, 0.2) is 0 Å². The van der Waals surface area contributed by atoms with Crippen molar-refractivity contribution in [2.45, 2.75) is 71.6 Å². The molecular formula is C24H35NO6. The van der Waals surface area contributed by atoms with Crippen molar-refractivity contribution in [3.05, 3.63) is 42.0 Å². The van der Waals surface area contributed by atoms with Crippen LogP contribution >= 0.6 is 0 Å². The summed E-state index contributed by atoms with van der Waals surface area (Å²) in [5.74, 6) is -1.77. The van der Waals surface area contributed by atoms with E-state index in [1.807, 2.05) is 42.5 Å². The van der Waals surface area contributed by atoms with Crippen molar-refractivity contribution < 1.29 is 28.6 Å². The molecule has 0 saturated heterocycles. The molecule has 1 amide bonds. The fourth-order valence-electron chi connectivity index (χ4n) is 2.71. The highest BCUT2D eigenvalue weighted by atomic mass is 16.6. The molecule has 0 radical (unpaired) electrons. The molecule has 0 aromatic heterocycles. The number of carbonyl (C=O) groups excluding carboxylic acids is 3. The summed E-state index contributed by atoms with van der Waals surface area (Å²) in [5, 5.41) is 2.55. The minimum absolute atomic E-state index is 0.0138. The Morgan fingerprint density at radius 2 is 1.52 bits per heavy atom. The number of nitrogens with one attached hydrogen (secondary N) is 1. The Labute approximate surface area is 185 Å². The number of benzene rings is 1. The van der Waals surface area contributed by atoms with Gasteiger partial charge in [-0.3, -0.25) is 4.79 Å². The van der Waals surface area contributed by atoms with Crippen LogP contribution in [0.2, 0.25) is 0 Å². The molecule has 0 spiro atoms. The monoisotopic (exact) mass is 433 g/mol. The van der Waals surface area contributed by atoms with Crippen LogP contribution < -0.4 is 5.32 Å². The second kappa shape index (κ2) is 11.5. The van der Waals surface area contributed by atoms with Crippen LogP contribution in [0.3, 0.4) is 0 Å². The van der Waals surface area contributed by atoms with Crippen molar-refractivity contribution in [2.75, 3.05) is 7.11 Å². The summed E-state index contributed by atoms with van der Waals surface area (Å²) < 4.78 is 15.6. The molecule has 0 bridgehead atoms. The summed E-state index contributed by atoms with van der Waals surface area (Å²) in [4.78, 5) is 37.4. The molecule has 1 N–H and O–H groups in total. The van der Waals surface area contributed by atoms with Crippen LogP contribution in [-0.4, -0.2) is 42.4 Å². The smallest absolute Gasteiger partial charge is 0.408 e. The molecule has 0 unspecified atom stereocenters. The molecule has 2 atom stereocenters. The van der Waals surface area contributed by atoms with Gasteiger partial charge in [-0.1, -0.05) is 42.5 Å². The first-order chi connectivity index (χ1) is 14.3. The Hall–Kier alpha value is -2.83. The number of esters is 2. The third-order valence-electron chi connectivity index (χ3n) is 3.97. The van der Waals surface area contributed by atoms with Crippen molar-refractivity contribution in [1.29, 1.82) is 0 Å². The highest BCUT2D eigenvalue weighted by Crippen LogP contribution is 2.19. The fourth-order valence-corrected chi connectivity index (χ4v) is 2.71. The lowest BCUT2D eigenvalue weighted by Crippen LogP contribution is -2.47. The molecule has 1 aromatic rings. The molecule has 7 nitrogen and oxygen atoms in total. The van der Waals surface area contributed by atoms with Gasteiger partial charge in [0.05, 0.1) is 13.0 Å². The van der Waals surface area contributed by atoms with Gasteiger partial charge in [-0.05, 0) is 59.9 Å². The number of methoxy groups -OCH3 is 1. The minimum atomic E-state index is -1.07. The largest absolute Gasteiger partial charge is 0.469 e. The van der Waals surface area contributed by atoms with Crippen molar-refractivity contribution in [3.8, 4) is 0 Å². The average molecular weight is 434 g/mol. The number of carbonyl (C=O) groups is 3. The normalized spacial score (nSPS) is 13.9. The van der Waals surface area contributed by atoms with Gasteiger partial charge in [-0.15, -0.1) is 0 Å². The Balaban J connectivity index is 2.99. The van der Waals surface area contributed by atoms with Gasteiger partial charge in [0.2, 0.25) is 0 Å². The van der Waals surface area contributed by atoms with Crippen molar-refractivity contribution in [2.24, 2.45) is 5.92 Å². The predicted octanol–water partition coefficient (Wildman–Crippen LogP) is 4.50. The van der Waals surface area contributed by atoms with Crippen LogP contribution in [0.1, 0.15) is 59.9 Å². The molecule has 7 heteroatoms. The number of amides is 1. The second-order valence-electron chi connectivity index (χ2n) is 9.24. The fraction of sp³-hybridized carbons (Fsp3) is 0.542. The topological polar surface area (TPSA) is 90.9 Å². The first kappa shape index (κ1) is 26.2. The van der Waals surface area contributed by atoms with Gasteiger partial charge in [0.25, 0.3) is 0 Å². The molecule has 0 fully saturated rings. The van der Waals surface area contributed by atoms with Gasteiger partial charge in [-0.25, -0.2) is 9.59 Å². The Bertz CT molecular complexity index is 759. The lowest BCUT2D eigenvalue weighted by atomic mass is 9.95. The predicted molar refractivity (Wildman–Crippen MR) is 119 cm³/mol. The lowest BCUT2D eigenvalue weighted by Gasteiger charge is -2.27. The van der Waals surface area contributed by atoms with Crippen LogP contribution in [0.5, 0.6) is 0 Å². The molecule has 172 valence electrons. The number of hydrogen-bond acceptors (Lipinski definition) is 6. The lowest BCUT2D eigenvalue weighted by molar-refractivity contribution is -0.158. The third kappa shape index (κ3) is 11.2. The first-order valence-corrected chi connectivity index (χ1v) is 10.3. The van der Waals surface area contributed by atoms with Gasteiger partial charge in [0, 0.05) is 0 Å². The Kier molecular flexibility index (Phi) is 9.75. The summed E-state index contributed by atoms with van der Waals surface area (Å²) in [6.45, 7) is 10.4. The SMILES string of the molecule is COC(=O)[C@H](C/C=C/c1ccccc1)C[C@H](NC(=O)OC(C)(C)C)C(=O)OC(C)(C)C. The van der Waals surface area contributed by atoms with E-state index in [0.717, 1.165) is 5.56 Å². The van der Waals surface area contributed by atoms with E-state index in [2.05, 4.69) is 5.32 Å². The molecule has 1 aromatic carbocycles. The van der Waals surface area contributed by atoms with Crippen LogP contribution in [0.4, 0.5) is 4.79 Å². The molecule has 0 heterocycles. The maximum atomic E-state index is 12.7. The third-order valence-corrected chi connectivity index (χ3v) is 3.97. The molecule has 0 aliphatic rings. The number of hydrogen-bond donors (Lipinski definition) is 1. The molecule has 0 saturated carbocycles. The van der Waals surface area contributed by atoms with Crippen LogP contribution in [0.25, 0.3) is 6.08 Å². The number of alkyl carbamates (subject to hydrolysis) is 1. The van der Waals surface area contributed by atoms with E-state index >= 15 is 0 Å². The van der Waals surface area contributed by atoms with Gasteiger partial charge >= 0.3 is 18.0 Å². The number of allylic oxidation sites excluding steroid dienone is 1. The quantitative estimate of drug-likeness (QED) is 0.479. The second-order valence-corrected chi connectivity index (χ2v) is 9.24. The first-order valence-electron chi connectivity index (χ1n) is 10.3. The Morgan fingerprint density at radius 1 is 0.935 bits per heavy atom. The molecule has 0 aliphatic heterocycles. The van der Waals surface area contributed by atoms with E-state index in [-0.39, 0.29) is 6.42 Å². The zero-order valence-corrected chi connectivity index (χ0v) is 19.6. The summed E-state index contributed by atoms with van der Waals surface area (Å²) in [7, 11) is 1.29. The maximum absolute atomic E-state index is 12.7. The number of ether oxygens (including phenoxy) is 3. The summed E-state index contributed by atoms with van der Waals surface area (Å²) in [6, 6.07) is 8.57. The highest BCUT2D eigenvalue weighted by molar-refractivity contribution is 5.83. The van der Waals surface area contributed by atoms with Crippen molar-refractivity contribution in [1.82, 2.24) is 5.32 Å². The standard InChI is InChI=1S/C24H35NO6/c1-23(2,3)30-21(27)19(25-22(28)31-24(4,5)6)16-18(20(26)29-7)15-11-14-17-12-9-8-10-13-17/h8-14,18-19H,15-16H2,1-7H3,(H,25,28)/b14-11+/t18-,19+/m1/s1. The summed E-state index contributed by atoms with van der Waals surface area (Å²) in [5.41, 5.74) is -0.497. The van der Waals surface area contributed by atoms with E-state index in [1.165, 1.54) is 7.11 Å². The van der Waals surface area contributed by atoms with E-state index in [9.17, 15) is 14.4 Å². The van der Waals surface area contributed by atoms with Crippen molar-refractivity contribution in [3.63, 3.8) is 0 Å². The van der Waals surface area contributed by atoms with Gasteiger partial charge < -0.3 is 19.5 Å². The van der Waals surface area contributed by atoms with E-state index in [4.69, 9.17) is 14.2 Å². The van der Waals surface area contributed by atoms with Crippen LogP contribution in [0.15, 0.2) is 36.4 Å². The molecular weight excluding hydrogens is 398 g/mol. The minimum Gasteiger partial charge on any atom is -0.469 e. The molecule has 31 heavy (non-hydrogen) atoms. The van der Waals surface area contributed by atoms with E-state index in [0.29, 0.717) is 6.42 Å². The Morgan fingerprint density at radius 3 is 2.03 bits per heavy atom. The maximum Gasteiger partial charge on any atom is 0.408 e. The summed E-state index contributed by atoms with van der Waals surface area (Å²) >= 11 is 0. The highest BCUT2D eigenvalue weighted by Gasteiger charge is 2.33. The summed E-state index contributed by atoms with van der Waals surface area (Å²) in [6.07, 6.45) is 3.32.